The number of nitrogens with zero attached hydrogens (tertiary/aromatic N) is 3. The van der Waals surface area contributed by atoms with Crippen molar-refractivity contribution in [1.29, 1.82) is 0 Å². The van der Waals surface area contributed by atoms with Crippen LogP contribution in [0.5, 0.6) is 11.5 Å². The number of rotatable bonds is 5. The number of hydrogen-bond acceptors (Lipinski definition) is 8. The number of hydrogen-bond donors (Lipinski definition) is 1. The number of allylic oxidation sites excluding steroid dienone is 6. The van der Waals surface area contributed by atoms with Gasteiger partial charge in [0, 0.05) is 35.2 Å². The number of ether oxygens (including phenoxy) is 1. The Morgan fingerprint density at radius 3 is 2.53 bits per heavy atom. The number of fused-ring (bicyclic) bond motifs is 3. The SMILES string of the molecule is CCOc1cccc([C@H]2C3=CC[C@@H]4C(=O)N(N(C)c5nc(C(F)(F)F)ccc5Cl)C(=O)[C@@H]4[C@@H]3CC3=C2C(=O)C(C)=CC3=O)c1O. The summed E-state index contributed by atoms with van der Waals surface area (Å²) in [6.45, 7) is 3.54. The van der Waals surface area contributed by atoms with Gasteiger partial charge >= 0.3 is 6.18 Å². The number of Topliss-reactive ketones (excluding diaryl/α,β-unsaturated/α-hetero) is 1. The highest BCUT2D eigenvalue weighted by Gasteiger charge is 2.58. The molecule has 0 spiro atoms. The number of hydrazine groups is 1. The molecule has 0 unspecified atom stereocenters. The van der Waals surface area contributed by atoms with Crippen LogP contribution in [0.2, 0.25) is 5.02 Å². The topological polar surface area (TPSA) is 117 Å². The fraction of sp³-hybridized carbons (Fsp3) is 0.344. The zero-order valence-electron chi connectivity index (χ0n) is 24.3. The van der Waals surface area contributed by atoms with Crippen molar-refractivity contribution in [1.82, 2.24) is 9.99 Å². The van der Waals surface area contributed by atoms with Crippen LogP contribution in [0.25, 0.3) is 0 Å². The minimum atomic E-state index is -4.80. The number of phenolic OH excluding ortho intramolecular Hbond substituents is 1. The molecule has 0 saturated carbocycles. The van der Waals surface area contributed by atoms with Crippen molar-refractivity contribution < 1.29 is 42.2 Å². The molecular weight excluding hydrogens is 615 g/mol. The lowest BCUT2D eigenvalue weighted by molar-refractivity contribution is -0.141. The number of amides is 2. The molecule has 2 aromatic rings. The van der Waals surface area contributed by atoms with E-state index >= 15 is 0 Å². The van der Waals surface area contributed by atoms with E-state index in [1.807, 2.05) is 0 Å². The Morgan fingerprint density at radius 1 is 1.11 bits per heavy atom. The highest BCUT2D eigenvalue weighted by molar-refractivity contribution is 6.33. The largest absolute Gasteiger partial charge is 0.504 e. The van der Waals surface area contributed by atoms with E-state index in [1.165, 1.54) is 20.0 Å². The van der Waals surface area contributed by atoms with Crippen LogP contribution in [0, 0.1) is 17.8 Å². The van der Waals surface area contributed by atoms with Crippen LogP contribution >= 0.6 is 11.6 Å². The van der Waals surface area contributed by atoms with Crippen LogP contribution in [-0.4, -0.2) is 52.1 Å². The van der Waals surface area contributed by atoms with Crippen molar-refractivity contribution in [2.75, 3.05) is 18.7 Å². The van der Waals surface area contributed by atoms with E-state index in [-0.39, 0.29) is 58.5 Å². The van der Waals surface area contributed by atoms with Gasteiger partial charge in [0.2, 0.25) is 0 Å². The molecule has 45 heavy (non-hydrogen) atoms. The highest BCUT2D eigenvalue weighted by Crippen LogP contribution is 2.57. The van der Waals surface area contributed by atoms with E-state index in [2.05, 4.69) is 4.98 Å². The Labute approximate surface area is 260 Å². The molecule has 1 aromatic heterocycles. The number of phenols is 1. The lowest BCUT2D eigenvalue weighted by Gasteiger charge is -2.42. The first-order valence-electron chi connectivity index (χ1n) is 14.3. The summed E-state index contributed by atoms with van der Waals surface area (Å²) < 4.78 is 45.9. The summed E-state index contributed by atoms with van der Waals surface area (Å²) in [4.78, 5) is 58.4. The number of anilines is 1. The van der Waals surface area contributed by atoms with Gasteiger partial charge in [-0.25, -0.2) is 4.98 Å². The van der Waals surface area contributed by atoms with Gasteiger partial charge in [0.1, 0.15) is 5.69 Å². The molecule has 0 bridgehead atoms. The molecule has 4 aliphatic rings. The molecule has 2 heterocycles. The number of aromatic hydroxyl groups is 1. The summed E-state index contributed by atoms with van der Waals surface area (Å²) >= 11 is 6.19. The Hall–Kier alpha value is -4.45. The maximum atomic E-state index is 14.1. The van der Waals surface area contributed by atoms with Gasteiger partial charge in [-0.05, 0) is 56.9 Å². The van der Waals surface area contributed by atoms with Crippen LogP contribution in [0.3, 0.4) is 0 Å². The second kappa shape index (κ2) is 10.9. The Kier molecular flexibility index (Phi) is 7.38. The normalized spacial score (nSPS) is 24.6. The minimum absolute atomic E-state index is 0.0156. The Balaban J connectivity index is 1.45. The van der Waals surface area contributed by atoms with Crippen molar-refractivity contribution in [2.45, 2.75) is 38.8 Å². The quantitative estimate of drug-likeness (QED) is 0.264. The number of benzene rings is 1. The van der Waals surface area contributed by atoms with E-state index < -0.39 is 59.0 Å². The lowest BCUT2D eigenvalue weighted by Crippen LogP contribution is -2.46. The van der Waals surface area contributed by atoms with Crippen LogP contribution in [0.15, 0.2) is 64.8 Å². The van der Waals surface area contributed by atoms with E-state index in [9.17, 15) is 37.5 Å². The third kappa shape index (κ3) is 4.73. The molecule has 6 rings (SSSR count). The summed E-state index contributed by atoms with van der Waals surface area (Å²) in [5.41, 5.74) is 0.286. The van der Waals surface area contributed by atoms with Crippen molar-refractivity contribution in [3.63, 3.8) is 0 Å². The number of halogens is 4. The van der Waals surface area contributed by atoms with E-state index in [0.29, 0.717) is 17.2 Å². The van der Waals surface area contributed by atoms with Crippen LogP contribution in [0.4, 0.5) is 19.0 Å². The summed E-state index contributed by atoms with van der Waals surface area (Å²) in [5.74, 6) is -6.12. The van der Waals surface area contributed by atoms with Gasteiger partial charge in [0.15, 0.2) is 28.9 Å². The minimum Gasteiger partial charge on any atom is -0.504 e. The number of ketones is 2. The van der Waals surface area contributed by atoms with Crippen LogP contribution in [-0.2, 0) is 25.4 Å². The third-order valence-electron chi connectivity index (χ3n) is 8.91. The molecule has 1 aromatic carbocycles. The fourth-order valence-corrected chi connectivity index (χ4v) is 7.18. The second-order valence-electron chi connectivity index (χ2n) is 11.4. The summed E-state index contributed by atoms with van der Waals surface area (Å²) in [7, 11) is 1.23. The number of pyridine rings is 1. The molecule has 1 N–H and O–H groups in total. The number of carbonyl (C=O) groups excluding carboxylic acids is 4. The van der Waals surface area contributed by atoms with Gasteiger partial charge in [0.25, 0.3) is 11.8 Å². The first-order valence-corrected chi connectivity index (χ1v) is 14.6. The molecule has 9 nitrogen and oxygen atoms in total. The molecule has 2 amide bonds. The number of imide groups is 1. The number of alkyl halides is 3. The molecule has 0 radical (unpaired) electrons. The summed E-state index contributed by atoms with van der Waals surface area (Å²) in [5, 5.41) is 12.7. The Bertz CT molecular complexity index is 1780. The monoisotopic (exact) mass is 641 g/mol. The Morgan fingerprint density at radius 2 is 1.84 bits per heavy atom. The number of para-hydroxylation sites is 1. The summed E-state index contributed by atoms with van der Waals surface area (Å²) in [6.07, 6.45) is -1.72. The fourth-order valence-electron chi connectivity index (χ4n) is 6.95. The maximum absolute atomic E-state index is 14.1. The molecular formula is C32H27ClF3N3O6. The van der Waals surface area contributed by atoms with Gasteiger partial charge < -0.3 is 9.84 Å². The standard InChI is InChI=1S/C32H27ClF3N3O6/c1-4-45-22-7-5-6-16(28(22)42)24-15-8-9-17-25(18(15)13-19-21(40)12-14(2)27(41)26(19)24)31(44)39(30(17)43)38(3)29-20(33)10-11-23(37-29)32(34,35)36/h5-8,10-12,17-18,24-25,42H,4,9,13H2,1-3H3/t17-,18+,24+,25-/m0/s1. The van der Waals surface area contributed by atoms with Crippen molar-refractivity contribution in [3.8, 4) is 11.5 Å². The van der Waals surface area contributed by atoms with Crippen LogP contribution in [0.1, 0.15) is 43.9 Å². The lowest BCUT2D eigenvalue weighted by atomic mass is 9.59. The first kappa shape index (κ1) is 30.6. The number of aromatic nitrogens is 1. The highest BCUT2D eigenvalue weighted by atomic mass is 35.5. The maximum Gasteiger partial charge on any atom is 0.433 e. The first-order chi connectivity index (χ1) is 21.3. The molecule has 1 saturated heterocycles. The van der Waals surface area contributed by atoms with Gasteiger partial charge in [-0.1, -0.05) is 35.4 Å². The van der Waals surface area contributed by atoms with E-state index in [0.717, 1.165) is 16.1 Å². The van der Waals surface area contributed by atoms with Crippen LogP contribution < -0.4 is 9.75 Å². The van der Waals surface area contributed by atoms with Crippen molar-refractivity contribution in [2.24, 2.45) is 17.8 Å². The predicted molar refractivity (Wildman–Crippen MR) is 155 cm³/mol. The average molecular weight is 642 g/mol. The van der Waals surface area contributed by atoms with Gasteiger partial charge in [-0.15, -0.1) is 0 Å². The summed E-state index contributed by atoms with van der Waals surface area (Å²) in [6, 6.07) is 6.54. The van der Waals surface area contributed by atoms with Crippen molar-refractivity contribution in [3.05, 3.63) is 81.1 Å². The van der Waals surface area contributed by atoms with Gasteiger partial charge in [-0.3, -0.25) is 24.2 Å². The average Bonchev–Trinajstić information content (AvgIpc) is 3.25. The molecule has 3 aliphatic carbocycles. The predicted octanol–water partition coefficient (Wildman–Crippen LogP) is 5.34. The third-order valence-corrected chi connectivity index (χ3v) is 9.20. The molecule has 234 valence electrons. The van der Waals surface area contributed by atoms with Gasteiger partial charge in [0.05, 0.1) is 23.5 Å². The van der Waals surface area contributed by atoms with E-state index in [1.54, 1.807) is 31.2 Å². The second-order valence-corrected chi connectivity index (χ2v) is 11.8. The molecule has 1 aliphatic heterocycles. The molecule has 1 fully saturated rings. The zero-order valence-corrected chi connectivity index (χ0v) is 25.1. The molecule has 13 heteroatoms. The van der Waals surface area contributed by atoms with Gasteiger partial charge in [-0.2, -0.15) is 18.2 Å². The smallest absolute Gasteiger partial charge is 0.433 e. The number of carbonyl (C=O) groups is 4. The van der Waals surface area contributed by atoms with Crippen molar-refractivity contribution >= 4 is 40.8 Å². The van der Waals surface area contributed by atoms with E-state index in [4.69, 9.17) is 16.3 Å². The molecule has 4 atom stereocenters. The zero-order chi connectivity index (χ0) is 32.5.